The van der Waals surface area contributed by atoms with Crippen LogP contribution in [0.1, 0.15) is 24.0 Å². The number of nitrogens with one attached hydrogen (secondary N) is 1. The van der Waals surface area contributed by atoms with Crippen molar-refractivity contribution in [2.24, 2.45) is 5.41 Å². The molecule has 0 bridgehead atoms. The van der Waals surface area contributed by atoms with E-state index in [1.165, 1.54) is 0 Å². The molecule has 1 saturated carbocycles. The topological polar surface area (TPSA) is 58.6 Å². The summed E-state index contributed by atoms with van der Waals surface area (Å²) in [4.78, 5) is 12.1. The van der Waals surface area contributed by atoms with Gasteiger partial charge in [0.2, 0.25) is 5.91 Å². The zero-order valence-electron chi connectivity index (χ0n) is 11.0. The Morgan fingerprint density at radius 2 is 2.11 bits per heavy atom. The van der Waals surface area contributed by atoms with E-state index in [4.69, 9.17) is 4.74 Å². The predicted octanol–water partition coefficient (Wildman–Crippen LogP) is 2.02. The van der Waals surface area contributed by atoms with Crippen LogP contribution in [0.3, 0.4) is 0 Å². The Balaban J connectivity index is 2.26. The van der Waals surface area contributed by atoms with Crippen molar-refractivity contribution in [3.8, 4) is 5.75 Å². The van der Waals surface area contributed by atoms with E-state index >= 15 is 0 Å². The molecule has 0 spiro atoms. The van der Waals surface area contributed by atoms with Crippen LogP contribution in [0, 0.1) is 19.3 Å². The molecular weight excluding hydrogens is 230 g/mol. The molecule has 0 heterocycles. The number of ether oxygens (including phenoxy) is 1. The SMILES string of the molecule is COc1cc(C)cc(C)c1NC(=O)C1(CO)CC1. The van der Waals surface area contributed by atoms with Gasteiger partial charge in [-0.15, -0.1) is 0 Å². The summed E-state index contributed by atoms with van der Waals surface area (Å²) in [6, 6.07) is 3.89. The molecule has 1 aromatic carbocycles. The first-order chi connectivity index (χ1) is 8.52. The summed E-state index contributed by atoms with van der Waals surface area (Å²) in [5.41, 5.74) is 2.19. The Kier molecular flexibility index (Phi) is 3.30. The number of aliphatic hydroxyl groups is 1. The fraction of sp³-hybridized carbons (Fsp3) is 0.500. The number of rotatable bonds is 4. The molecule has 0 aromatic heterocycles. The Hall–Kier alpha value is -1.55. The van der Waals surface area contributed by atoms with Crippen LogP contribution < -0.4 is 10.1 Å². The van der Waals surface area contributed by atoms with E-state index in [-0.39, 0.29) is 12.5 Å². The molecule has 2 N–H and O–H groups in total. The number of aliphatic hydroxyl groups excluding tert-OH is 1. The minimum atomic E-state index is -0.567. The number of hydrogen-bond acceptors (Lipinski definition) is 3. The van der Waals surface area contributed by atoms with Gasteiger partial charge in [-0.25, -0.2) is 0 Å². The lowest BCUT2D eigenvalue weighted by Crippen LogP contribution is -2.27. The van der Waals surface area contributed by atoms with Crippen molar-refractivity contribution in [1.82, 2.24) is 0 Å². The van der Waals surface area contributed by atoms with Gasteiger partial charge in [0.1, 0.15) is 5.75 Å². The molecular formula is C14H19NO3. The van der Waals surface area contributed by atoms with Crippen LogP contribution in [0.5, 0.6) is 5.75 Å². The molecule has 0 unspecified atom stereocenters. The van der Waals surface area contributed by atoms with Crippen molar-refractivity contribution >= 4 is 11.6 Å². The molecule has 1 aromatic rings. The second kappa shape index (κ2) is 4.61. The van der Waals surface area contributed by atoms with Crippen molar-refractivity contribution in [3.05, 3.63) is 23.3 Å². The molecule has 2 rings (SSSR count). The van der Waals surface area contributed by atoms with Gasteiger partial charge in [-0.3, -0.25) is 4.79 Å². The molecule has 1 aliphatic rings. The van der Waals surface area contributed by atoms with Gasteiger partial charge in [0.05, 0.1) is 24.8 Å². The highest BCUT2D eigenvalue weighted by Crippen LogP contribution is 2.46. The largest absolute Gasteiger partial charge is 0.495 e. The van der Waals surface area contributed by atoms with Gasteiger partial charge in [-0.1, -0.05) is 6.07 Å². The molecule has 4 nitrogen and oxygen atoms in total. The van der Waals surface area contributed by atoms with E-state index < -0.39 is 5.41 Å². The van der Waals surface area contributed by atoms with E-state index in [1.54, 1.807) is 7.11 Å². The van der Waals surface area contributed by atoms with E-state index in [0.29, 0.717) is 11.4 Å². The van der Waals surface area contributed by atoms with Gasteiger partial charge in [0.15, 0.2) is 0 Å². The molecule has 1 fully saturated rings. The monoisotopic (exact) mass is 249 g/mol. The zero-order chi connectivity index (χ0) is 13.3. The van der Waals surface area contributed by atoms with E-state index in [9.17, 15) is 9.90 Å². The average Bonchev–Trinajstić information content (AvgIpc) is 3.13. The number of amides is 1. The van der Waals surface area contributed by atoms with Crippen molar-refractivity contribution in [2.45, 2.75) is 26.7 Å². The lowest BCUT2D eigenvalue weighted by Gasteiger charge is -2.17. The summed E-state index contributed by atoms with van der Waals surface area (Å²) in [5, 5.41) is 12.1. The molecule has 0 atom stereocenters. The molecule has 0 aliphatic heterocycles. The predicted molar refractivity (Wildman–Crippen MR) is 69.9 cm³/mol. The van der Waals surface area contributed by atoms with Crippen LogP contribution >= 0.6 is 0 Å². The van der Waals surface area contributed by atoms with Gasteiger partial charge >= 0.3 is 0 Å². The van der Waals surface area contributed by atoms with Gasteiger partial charge in [0.25, 0.3) is 0 Å². The number of anilines is 1. The Morgan fingerprint density at radius 3 is 2.61 bits per heavy atom. The maximum Gasteiger partial charge on any atom is 0.233 e. The highest BCUT2D eigenvalue weighted by molar-refractivity contribution is 5.99. The van der Waals surface area contributed by atoms with Gasteiger partial charge < -0.3 is 15.2 Å². The third-order valence-corrected chi connectivity index (χ3v) is 3.54. The molecule has 0 saturated heterocycles. The third kappa shape index (κ3) is 2.20. The lowest BCUT2D eigenvalue weighted by atomic mass is 10.1. The maximum atomic E-state index is 12.1. The summed E-state index contributed by atoms with van der Waals surface area (Å²) in [6.45, 7) is 3.83. The van der Waals surface area contributed by atoms with Crippen LogP contribution in [0.4, 0.5) is 5.69 Å². The summed E-state index contributed by atoms with van der Waals surface area (Å²) in [5.74, 6) is 0.546. The zero-order valence-corrected chi connectivity index (χ0v) is 11.0. The average molecular weight is 249 g/mol. The van der Waals surface area contributed by atoms with Crippen LogP contribution in [0.25, 0.3) is 0 Å². The van der Waals surface area contributed by atoms with Crippen LogP contribution in [0.2, 0.25) is 0 Å². The number of carbonyl (C=O) groups excluding carboxylic acids is 1. The molecule has 1 aliphatic carbocycles. The number of benzene rings is 1. The van der Waals surface area contributed by atoms with Gasteiger partial charge in [0, 0.05) is 0 Å². The standard InChI is InChI=1S/C14H19NO3/c1-9-6-10(2)12(11(7-9)18-3)15-13(17)14(8-16)4-5-14/h6-7,16H,4-5,8H2,1-3H3,(H,15,17). The van der Waals surface area contributed by atoms with Gasteiger partial charge in [-0.05, 0) is 43.9 Å². The normalized spacial score (nSPS) is 16.2. The molecule has 98 valence electrons. The Morgan fingerprint density at radius 1 is 1.44 bits per heavy atom. The van der Waals surface area contributed by atoms with E-state index in [0.717, 1.165) is 24.0 Å². The first-order valence-corrected chi connectivity index (χ1v) is 6.10. The van der Waals surface area contributed by atoms with Gasteiger partial charge in [-0.2, -0.15) is 0 Å². The van der Waals surface area contributed by atoms with Crippen molar-refractivity contribution in [1.29, 1.82) is 0 Å². The second-order valence-electron chi connectivity index (χ2n) is 5.05. The van der Waals surface area contributed by atoms with Crippen LogP contribution in [0.15, 0.2) is 12.1 Å². The van der Waals surface area contributed by atoms with Crippen molar-refractivity contribution < 1.29 is 14.6 Å². The summed E-state index contributed by atoms with van der Waals surface area (Å²) < 4.78 is 5.30. The number of hydrogen-bond donors (Lipinski definition) is 2. The second-order valence-corrected chi connectivity index (χ2v) is 5.05. The minimum Gasteiger partial charge on any atom is -0.495 e. The fourth-order valence-electron chi connectivity index (χ4n) is 2.10. The minimum absolute atomic E-state index is 0.0912. The molecule has 0 radical (unpaired) electrons. The first kappa shape index (κ1) is 12.9. The van der Waals surface area contributed by atoms with Crippen molar-refractivity contribution in [2.75, 3.05) is 19.0 Å². The van der Waals surface area contributed by atoms with E-state index in [1.807, 2.05) is 26.0 Å². The quantitative estimate of drug-likeness (QED) is 0.858. The summed E-state index contributed by atoms with van der Waals surface area (Å²) in [6.07, 6.45) is 1.51. The van der Waals surface area contributed by atoms with E-state index in [2.05, 4.69) is 5.32 Å². The summed E-state index contributed by atoms with van der Waals surface area (Å²) in [7, 11) is 1.59. The highest BCUT2D eigenvalue weighted by atomic mass is 16.5. The smallest absolute Gasteiger partial charge is 0.233 e. The number of methoxy groups -OCH3 is 1. The number of carbonyl (C=O) groups is 1. The molecule has 4 heteroatoms. The molecule has 1 amide bonds. The number of aryl methyl sites for hydroxylation is 2. The fourth-order valence-corrected chi connectivity index (χ4v) is 2.10. The first-order valence-electron chi connectivity index (χ1n) is 6.10. The van der Waals surface area contributed by atoms with Crippen LogP contribution in [-0.2, 0) is 4.79 Å². The molecule has 18 heavy (non-hydrogen) atoms. The highest BCUT2D eigenvalue weighted by Gasteiger charge is 2.49. The maximum absolute atomic E-state index is 12.1. The summed E-state index contributed by atoms with van der Waals surface area (Å²) >= 11 is 0. The lowest BCUT2D eigenvalue weighted by molar-refractivity contribution is -0.122. The Bertz CT molecular complexity index is 478. The van der Waals surface area contributed by atoms with Crippen molar-refractivity contribution in [3.63, 3.8) is 0 Å². The Labute approximate surface area is 107 Å². The van der Waals surface area contributed by atoms with Crippen LogP contribution in [-0.4, -0.2) is 24.7 Å². The third-order valence-electron chi connectivity index (χ3n) is 3.54.